The molecular weight excluding hydrogens is 292 g/mol. The Labute approximate surface area is 138 Å². The number of carbonyl (C=O) groups excluding carboxylic acids is 1. The van der Waals surface area contributed by atoms with Crippen LogP contribution in [-0.4, -0.2) is 38.4 Å². The van der Waals surface area contributed by atoms with Crippen molar-refractivity contribution in [1.29, 1.82) is 0 Å². The van der Waals surface area contributed by atoms with Gasteiger partial charge in [-0.2, -0.15) is 0 Å². The number of carbonyl (C=O) groups is 1. The zero-order valence-electron chi connectivity index (χ0n) is 14.3. The van der Waals surface area contributed by atoms with Crippen molar-refractivity contribution in [3.8, 4) is 0 Å². The van der Waals surface area contributed by atoms with E-state index in [-0.39, 0.29) is 23.0 Å². The minimum Gasteiger partial charge on any atom is -0.393 e. The van der Waals surface area contributed by atoms with Gasteiger partial charge in [-0.1, -0.05) is 6.92 Å². The fourth-order valence-corrected chi connectivity index (χ4v) is 6.97. The molecule has 0 aromatic heterocycles. The molecule has 0 aliphatic heterocycles. The molecule has 23 heavy (non-hydrogen) atoms. The van der Waals surface area contributed by atoms with Gasteiger partial charge in [0.05, 0.1) is 22.7 Å². The Balaban J connectivity index is 1.73. The molecule has 0 aromatic carbocycles. The fourth-order valence-electron chi connectivity index (χ4n) is 6.97. The van der Waals surface area contributed by atoms with Crippen molar-refractivity contribution < 1.29 is 20.1 Å². The van der Waals surface area contributed by atoms with Crippen LogP contribution in [0, 0.1) is 22.7 Å². The maximum Gasteiger partial charge on any atom is 0.141 e. The average molecular weight is 322 g/mol. The lowest BCUT2D eigenvalue weighted by Crippen LogP contribution is -2.67. The second kappa shape index (κ2) is 4.59. The summed E-state index contributed by atoms with van der Waals surface area (Å²) >= 11 is 0. The molecule has 4 rings (SSSR count). The van der Waals surface area contributed by atoms with Gasteiger partial charge in [0.2, 0.25) is 0 Å². The highest BCUT2D eigenvalue weighted by atomic mass is 16.3. The van der Waals surface area contributed by atoms with Gasteiger partial charge in [-0.05, 0) is 69.1 Å². The van der Waals surface area contributed by atoms with Gasteiger partial charge in [0.1, 0.15) is 5.78 Å². The highest BCUT2D eigenvalue weighted by molar-refractivity contribution is 5.88. The first-order valence-electron chi connectivity index (χ1n) is 9.32. The predicted molar refractivity (Wildman–Crippen MR) is 85.7 cm³/mol. The first-order chi connectivity index (χ1) is 10.7. The number of fused-ring (bicyclic) bond motifs is 5. The number of rotatable bonds is 0. The Morgan fingerprint density at radius 1 is 0.957 bits per heavy atom. The molecule has 0 spiro atoms. The standard InChI is InChI=1S/C19H30O4/c1-16-7-3-12(20)11-18(16,22)9-5-14-13(16)4-8-17(2)15(21)6-10-19(14,17)23/h12-14,20,22-23H,3-11H2,1-2H3/t12?,13-,14+,16+,17+,18?,19+/m0/s1. The zero-order valence-corrected chi connectivity index (χ0v) is 14.3. The second-order valence-electron chi connectivity index (χ2n) is 9.32. The third-order valence-corrected chi connectivity index (χ3v) is 8.68. The molecular formula is C19H30O4. The molecule has 0 amide bonds. The van der Waals surface area contributed by atoms with E-state index in [1.165, 1.54) is 0 Å². The van der Waals surface area contributed by atoms with Crippen molar-refractivity contribution in [2.24, 2.45) is 22.7 Å². The van der Waals surface area contributed by atoms with E-state index in [0.717, 1.165) is 32.1 Å². The van der Waals surface area contributed by atoms with Crippen molar-refractivity contribution in [2.45, 2.75) is 88.9 Å². The summed E-state index contributed by atoms with van der Waals surface area (Å²) < 4.78 is 0. The van der Waals surface area contributed by atoms with Gasteiger partial charge in [-0.3, -0.25) is 4.79 Å². The predicted octanol–water partition coefficient (Wildman–Crippen LogP) is 2.19. The van der Waals surface area contributed by atoms with Gasteiger partial charge in [0.15, 0.2) is 0 Å². The van der Waals surface area contributed by atoms with E-state index in [4.69, 9.17) is 0 Å². The van der Waals surface area contributed by atoms with Crippen LogP contribution in [0.15, 0.2) is 0 Å². The van der Waals surface area contributed by atoms with Gasteiger partial charge in [0, 0.05) is 12.8 Å². The minimum absolute atomic E-state index is 0.105. The van der Waals surface area contributed by atoms with Crippen molar-refractivity contribution in [3.63, 3.8) is 0 Å². The monoisotopic (exact) mass is 322 g/mol. The SMILES string of the molecule is C[C@]12CCC(O)CC1(O)CC[C@@H]1[C@@H]2CC[C@]2(C)C(=O)CC[C@@]12O. The van der Waals surface area contributed by atoms with Crippen molar-refractivity contribution in [3.05, 3.63) is 0 Å². The van der Waals surface area contributed by atoms with Gasteiger partial charge >= 0.3 is 0 Å². The minimum atomic E-state index is -0.895. The van der Waals surface area contributed by atoms with E-state index in [1.54, 1.807) is 0 Å². The molecule has 130 valence electrons. The van der Waals surface area contributed by atoms with Crippen LogP contribution >= 0.6 is 0 Å². The number of aliphatic hydroxyl groups is 3. The summed E-state index contributed by atoms with van der Waals surface area (Å²) in [6.45, 7) is 4.13. The maximum atomic E-state index is 12.4. The Hall–Kier alpha value is -0.450. The van der Waals surface area contributed by atoms with Crippen LogP contribution in [0.25, 0.3) is 0 Å². The zero-order chi connectivity index (χ0) is 16.7. The van der Waals surface area contributed by atoms with E-state index in [9.17, 15) is 20.1 Å². The summed E-state index contributed by atoms with van der Waals surface area (Å²) in [5, 5.41) is 32.9. The summed E-state index contributed by atoms with van der Waals surface area (Å²) in [5.74, 6) is 0.578. The molecule has 0 saturated heterocycles. The average Bonchev–Trinajstić information content (AvgIpc) is 2.73. The van der Waals surface area contributed by atoms with Crippen LogP contribution in [0.1, 0.15) is 71.6 Å². The smallest absolute Gasteiger partial charge is 0.141 e. The van der Waals surface area contributed by atoms with Crippen LogP contribution in [0.3, 0.4) is 0 Å². The molecule has 7 atom stereocenters. The van der Waals surface area contributed by atoms with Crippen molar-refractivity contribution >= 4 is 5.78 Å². The summed E-state index contributed by atoms with van der Waals surface area (Å²) in [6.07, 6.45) is 5.72. The van der Waals surface area contributed by atoms with E-state index in [1.807, 2.05) is 6.92 Å². The molecule has 3 N–H and O–H groups in total. The van der Waals surface area contributed by atoms with Crippen LogP contribution in [0.2, 0.25) is 0 Å². The third-order valence-electron chi connectivity index (χ3n) is 8.68. The molecule has 4 fully saturated rings. The lowest BCUT2D eigenvalue weighted by Gasteiger charge is -2.65. The maximum absolute atomic E-state index is 12.4. The Morgan fingerprint density at radius 2 is 1.65 bits per heavy atom. The number of hydrogen-bond donors (Lipinski definition) is 3. The van der Waals surface area contributed by atoms with E-state index in [2.05, 4.69) is 6.92 Å². The van der Waals surface area contributed by atoms with Gasteiger partial charge in [-0.15, -0.1) is 0 Å². The van der Waals surface area contributed by atoms with E-state index >= 15 is 0 Å². The van der Waals surface area contributed by atoms with Crippen LogP contribution in [-0.2, 0) is 4.79 Å². The Kier molecular flexibility index (Phi) is 3.20. The van der Waals surface area contributed by atoms with Gasteiger partial charge in [-0.25, -0.2) is 0 Å². The molecule has 0 aromatic rings. The normalized spacial score (nSPS) is 59.2. The van der Waals surface area contributed by atoms with Crippen molar-refractivity contribution in [1.82, 2.24) is 0 Å². The van der Waals surface area contributed by atoms with Crippen molar-refractivity contribution in [2.75, 3.05) is 0 Å². The van der Waals surface area contributed by atoms with E-state index in [0.29, 0.717) is 25.7 Å². The summed E-state index contributed by atoms with van der Waals surface area (Å²) in [4.78, 5) is 12.4. The highest BCUT2D eigenvalue weighted by Crippen LogP contribution is 2.67. The second-order valence-corrected chi connectivity index (χ2v) is 9.32. The molecule has 0 heterocycles. The number of Topliss-reactive ketones (excluding diaryl/α,β-unsaturated/α-hetero) is 1. The molecule has 0 radical (unpaired) electrons. The largest absolute Gasteiger partial charge is 0.393 e. The molecule has 4 aliphatic carbocycles. The molecule has 4 saturated carbocycles. The van der Waals surface area contributed by atoms with Crippen LogP contribution in [0.5, 0.6) is 0 Å². The molecule has 2 unspecified atom stereocenters. The third kappa shape index (κ3) is 1.75. The summed E-state index contributed by atoms with van der Waals surface area (Å²) in [7, 11) is 0. The lowest BCUT2D eigenvalue weighted by atomic mass is 9.42. The van der Waals surface area contributed by atoms with Crippen LogP contribution in [0.4, 0.5) is 0 Å². The molecule has 4 aliphatic rings. The molecule has 0 bridgehead atoms. The topological polar surface area (TPSA) is 77.8 Å². The quantitative estimate of drug-likeness (QED) is 0.639. The first-order valence-corrected chi connectivity index (χ1v) is 9.32. The number of hydrogen-bond acceptors (Lipinski definition) is 4. The van der Waals surface area contributed by atoms with E-state index < -0.39 is 22.7 Å². The Bertz CT molecular complexity index is 547. The van der Waals surface area contributed by atoms with Gasteiger partial charge < -0.3 is 15.3 Å². The summed E-state index contributed by atoms with van der Waals surface area (Å²) in [6, 6.07) is 0. The first kappa shape index (κ1) is 16.0. The van der Waals surface area contributed by atoms with Crippen LogP contribution < -0.4 is 0 Å². The summed E-state index contributed by atoms with van der Waals surface area (Å²) in [5.41, 5.74) is -2.56. The molecule has 4 nitrogen and oxygen atoms in total. The highest BCUT2D eigenvalue weighted by Gasteiger charge is 2.69. The number of aliphatic hydroxyl groups excluding tert-OH is 1. The Morgan fingerprint density at radius 3 is 2.39 bits per heavy atom. The fraction of sp³-hybridized carbons (Fsp3) is 0.947. The van der Waals surface area contributed by atoms with Gasteiger partial charge in [0.25, 0.3) is 0 Å². The number of ketones is 1. The molecule has 4 heteroatoms. The lowest BCUT2D eigenvalue weighted by molar-refractivity contribution is -0.249.